The second kappa shape index (κ2) is 10.6. The molecule has 1 rings (SSSR count). The first-order valence-electron chi connectivity index (χ1n) is 9.37. The number of nitriles is 1. The summed E-state index contributed by atoms with van der Waals surface area (Å²) < 4.78 is 0. The van der Waals surface area contributed by atoms with E-state index in [1.165, 1.54) is 76.5 Å². The van der Waals surface area contributed by atoms with Crippen LogP contribution in [0.2, 0.25) is 0 Å². The Kier molecular flexibility index (Phi) is 9.59. The molecular weight excluding hydrogens is 273 g/mol. The minimum absolute atomic E-state index is 0.150. The third kappa shape index (κ3) is 5.25. The zero-order valence-corrected chi connectivity index (χ0v) is 15.6. The van der Waals surface area contributed by atoms with Crippen LogP contribution in [-0.4, -0.2) is 17.5 Å². The zero-order chi connectivity index (χ0) is 15.6. The van der Waals surface area contributed by atoms with Crippen LogP contribution >= 0.6 is 7.92 Å². The maximum Gasteiger partial charge on any atom is 0.0625 e. The Hall–Kier alpha value is -0.0800. The Morgan fingerprint density at radius 1 is 1.05 bits per heavy atom. The molecule has 122 valence electrons. The minimum Gasteiger partial charge on any atom is -0.198 e. The fourth-order valence-electron chi connectivity index (χ4n) is 4.18. The number of hydrogen-bond donors (Lipinski definition) is 0. The molecule has 0 aromatic heterocycles. The van der Waals surface area contributed by atoms with Crippen molar-refractivity contribution in [3.05, 3.63) is 0 Å². The van der Waals surface area contributed by atoms with E-state index in [1.54, 1.807) is 0 Å². The summed E-state index contributed by atoms with van der Waals surface area (Å²) in [6.07, 6.45) is 17.4. The summed E-state index contributed by atoms with van der Waals surface area (Å²) in [5.41, 5.74) is 0. The number of rotatable bonds is 10. The predicted octanol–water partition coefficient (Wildman–Crippen LogP) is 6.71. The highest BCUT2D eigenvalue weighted by atomic mass is 31.1. The molecule has 1 saturated heterocycles. The monoisotopic (exact) mass is 309 g/mol. The van der Waals surface area contributed by atoms with E-state index in [2.05, 4.69) is 26.8 Å². The summed E-state index contributed by atoms with van der Waals surface area (Å²) in [4.78, 5) is 0. The SMILES string of the molecule is CCCCP1CCCC(CC#N)C1(CCCC)CCCC. The van der Waals surface area contributed by atoms with E-state index in [9.17, 15) is 5.26 Å². The highest BCUT2D eigenvalue weighted by Gasteiger charge is 2.45. The molecule has 0 amide bonds. The topological polar surface area (TPSA) is 23.8 Å². The Morgan fingerprint density at radius 2 is 1.67 bits per heavy atom. The van der Waals surface area contributed by atoms with Gasteiger partial charge in [-0.25, -0.2) is 0 Å². The van der Waals surface area contributed by atoms with Gasteiger partial charge in [-0.2, -0.15) is 5.26 Å². The third-order valence-corrected chi connectivity index (χ3v) is 9.20. The van der Waals surface area contributed by atoms with Crippen LogP contribution in [0.25, 0.3) is 0 Å². The van der Waals surface area contributed by atoms with Crippen LogP contribution in [0.15, 0.2) is 0 Å². The van der Waals surface area contributed by atoms with Gasteiger partial charge in [-0.1, -0.05) is 52.9 Å². The fraction of sp³-hybridized carbons (Fsp3) is 0.947. The van der Waals surface area contributed by atoms with Gasteiger partial charge in [0.05, 0.1) is 6.07 Å². The minimum atomic E-state index is 0.150. The van der Waals surface area contributed by atoms with Crippen molar-refractivity contribution in [1.82, 2.24) is 0 Å². The maximum absolute atomic E-state index is 9.32. The summed E-state index contributed by atoms with van der Waals surface area (Å²) in [6.45, 7) is 6.97. The van der Waals surface area contributed by atoms with E-state index in [0.717, 1.165) is 6.42 Å². The van der Waals surface area contributed by atoms with Gasteiger partial charge in [0.15, 0.2) is 0 Å². The number of hydrogen-bond acceptors (Lipinski definition) is 1. The largest absolute Gasteiger partial charge is 0.198 e. The predicted molar refractivity (Wildman–Crippen MR) is 96.3 cm³/mol. The molecule has 0 spiro atoms. The lowest BCUT2D eigenvalue weighted by molar-refractivity contribution is 0.287. The Balaban J connectivity index is 2.96. The van der Waals surface area contributed by atoms with Crippen molar-refractivity contribution < 1.29 is 0 Å². The van der Waals surface area contributed by atoms with Crippen LogP contribution in [0.4, 0.5) is 0 Å². The van der Waals surface area contributed by atoms with Crippen molar-refractivity contribution in [3.8, 4) is 6.07 Å². The smallest absolute Gasteiger partial charge is 0.0625 e. The van der Waals surface area contributed by atoms with E-state index in [-0.39, 0.29) is 7.92 Å². The van der Waals surface area contributed by atoms with Gasteiger partial charge >= 0.3 is 0 Å². The van der Waals surface area contributed by atoms with E-state index >= 15 is 0 Å². The summed E-state index contributed by atoms with van der Waals surface area (Å²) >= 11 is 0. The molecule has 0 N–H and O–H groups in total. The normalized spacial score (nSPS) is 24.7. The van der Waals surface area contributed by atoms with Crippen LogP contribution < -0.4 is 0 Å². The van der Waals surface area contributed by atoms with Crippen molar-refractivity contribution in [2.75, 3.05) is 12.3 Å². The van der Waals surface area contributed by atoms with Gasteiger partial charge < -0.3 is 0 Å². The molecule has 1 heterocycles. The van der Waals surface area contributed by atoms with Crippen LogP contribution in [0, 0.1) is 17.2 Å². The molecule has 0 aliphatic carbocycles. The van der Waals surface area contributed by atoms with Crippen molar-refractivity contribution in [3.63, 3.8) is 0 Å². The quantitative estimate of drug-likeness (QED) is 0.411. The molecule has 0 bridgehead atoms. The first-order valence-corrected chi connectivity index (χ1v) is 11.1. The van der Waals surface area contributed by atoms with E-state index in [1.807, 2.05) is 0 Å². The summed E-state index contributed by atoms with van der Waals surface area (Å²) in [7, 11) is 0.150. The number of nitrogens with zero attached hydrogens (tertiary/aromatic N) is 1. The fourth-order valence-corrected chi connectivity index (χ4v) is 8.24. The van der Waals surface area contributed by atoms with Crippen molar-refractivity contribution in [2.24, 2.45) is 5.92 Å². The summed E-state index contributed by atoms with van der Waals surface area (Å²) in [5.74, 6) is 0.706. The van der Waals surface area contributed by atoms with Gasteiger partial charge in [0, 0.05) is 6.42 Å². The van der Waals surface area contributed by atoms with Crippen LogP contribution in [-0.2, 0) is 0 Å². The molecule has 2 heteroatoms. The Labute approximate surface area is 134 Å². The third-order valence-electron chi connectivity index (χ3n) is 5.42. The van der Waals surface area contributed by atoms with E-state index < -0.39 is 0 Å². The molecule has 0 saturated carbocycles. The highest BCUT2D eigenvalue weighted by molar-refractivity contribution is 7.59. The molecule has 0 aromatic rings. The first kappa shape index (κ1) is 19.0. The molecule has 2 atom stereocenters. The molecule has 0 radical (unpaired) electrons. The molecule has 0 aromatic carbocycles. The van der Waals surface area contributed by atoms with Crippen molar-refractivity contribution in [2.45, 2.75) is 96.6 Å². The molecule has 21 heavy (non-hydrogen) atoms. The van der Waals surface area contributed by atoms with Crippen LogP contribution in [0.3, 0.4) is 0 Å². The van der Waals surface area contributed by atoms with Gasteiger partial charge in [0.25, 0.3) is 0 Å². The standard InChI is InChI=1S/C19H36NP/c1-4-7-13-19(14-8-5-2)18(12-15-20)11-10-17-21(19)16-9-6-3/h18H,4-14,16-17H2,1-3H3. The average Bonchev–Trinajstić information content (AvgIpc) is 2.51. The Morgan fingerprint density at radius 3 is 2.19 bits per heavy atom. The molecule has 2 unspecified atom stereocenters. The van der Waals surface area contributed by atoms with Gasteiger partial charge in [-0.3, -0.25) is 0 Å². The summed E-state index contributed by atoms with van der Waals surface area (Å²) in [5, 5.41) is 9.88. The van der Waals surface area contributed by atoms with Gasteiger partial charge in [-0.05, 0) is 55.5 Å². The molecule has 1 aliphatic rings. The maximum atomic E-state index is 9.32. The van der Waals surface area contributed by atoms with Gasteiger partial charge in [-0.15, -0.1) is 7.92 Å². The molecule has 1 aliphatic heterocycles. The van der Waals surface area contributed by atoms with Crippen molar-refractivity contribution >= 4 is 7.92 Å². The lowest BCUT2D eigenvalue weighted by Gasteiger charge is -2.51. The molecule has 1 nitrogen and oxygen atoms in total. The van der Waals surface area contributed by atoms with E-state index in [0.29, 0.717) is 11.1 Å². The van der Waals surface area contributed by atoms with E-state index in [4.69, 9.17) is 0 Å². The highest BCUT2D eigenvalue weighted by Crippen LogP contribution is 2.64. The van der Waals surface area contributed by atoms with Crippen LogP contribution in [0.1, 0.15) is 91.4 Å². The van der Waals surface area contributed by atoms with Crippen LogP contribution in [0.5, 0.6) is 0 Å². The van der Waals surface area contributed by atoms with Gasteiger partial charge in [0.2, 0.25) is 0 Å². The van der Waals surface area contributed by atoms with Crippen molar-refractivity contribution in [1.29, 1.82) is 5.26 Å². The second-order valence-electron chi connectivity index (χ2n) is 6.85. The number of unbranched alkanes of at least 4 members (excludes halogenated alkanes) is 3. The molecular formula is C19H36NP. The lowest BCUT2D eigenvalue weighted by Crippen LogP contribution is -2.40. The first-order chi connectivity index (χ1) is 10.2. The Bertz CT molecular complexity index is 299. The summed E-state index contributed by atoms with van der Waals surface area (Å²) in [6, 6.07) is 2.53. The second-order valence-corrected chi connectivity index (χ2v) is 9.72. The lowest BCUT2D eigenvalue weighted by atomic mass is 9.78. The average molecular weight is 309 g/mol. The zero-order valence-electron chi connectivity index (χ0n) is 14.7. The van der Waals surface area contributed by atoms with Gasteiger partial charge in [0.1, 0.15) is 0 Å². The molecule has 1 fully saturated rings.